The maximum atomic E-state index is 13.9. The average molecular weight is 560 g/mol. The van der Waals surface area contributed by atoms with E-state index in [-0.39, 0.29) is 23.8 Å². The van der Waals surface area contributed by atoms with Crippen LogP contribution in [0.2, 0.25) is 0 Å². The standard InChI is InChI=1S/C31H33N3O5S/c1-32-31(36)29(19-23-10-5-4-6-11-23)34(21-24-12-9-15-27(18-24)39-3)30(35)22-33(2)40(37,38)28-17-16-25-13-7-8-14-26(25)20-28/h4-18,20,29H,19,21-22H2,1-3H3,(H,32,36). The van der Waals surface area contributed by atoms with Crippen LogP contribution in [0.5, 0.6) is 5.75 Å². The monoisotopic (exact) mass is 559 g/mol. The lowest BCUT2D eigenvalue weighted by Gasteiger charge is -2.32. The lowest BCUT2D eigenvalue weighted by Crippen LogP contribution is -2.52. The number of likely N-dealkylation sites (N-methyl/N-ethyl adjacent to an activating group) is 2. The van der Waals surface area contributed by atoms with E-state index in [0.29, 0.717) is 5.75 Å². The molecule has 8 nitrogen and oxygen atoms in total. The van der Waals surface area contributed by atoms with Gasteiger partial charge in [0.2, 0.25) is 21.8 Å². The predicted octanol–water partition coefficient (Wildman–Crippen LogP) is 3.86. The zero-order valence-corrected chi connectivity index (χ0v) is 23.6. The highest BCUT2D eigenvalue weighted by Gasteiger charge is 2.32. The van der Waals surface area contributed by atoms with Crippen LogP contribution in [-0.4, -0.2) is 63.2 Å². The minimum atomic E-state index is -3.99. The quantitative estimate of drug-likeness (QED) is 0.301. The molecule has 1 atom stereocenters. The Kier molecular flexibility index (Phi) is 9.19. The number of hydrogen-bond donors (Lipinski definition) is 1. The smallest absolute Gasteiger partial charge is 0.243 e. The van der Waals surface area contributed by atoms with E-state index in [2.05, 4.69) is 5.32 Å². The van der Waals surface area contributed by atoms with E-state index in [9.17, 15) is 18.0 Å². The van der Waals surface area contributed by atoms with E-state index in [0.717, 1.165) is 26.2 Å². The van der Waals surface area contributed by atoms with Crippen molar-refractivity contribution in [3.05, 3.63) is 108 Å². The maximum absolute atomic E-state index is 13.9. The van der Waals surface area contributed by atoms with Crippen LogP contribution in [0.25, 0.3) is 10.8 Å². The second-order valence-corrected chi connectivity index (χ2v) is 11.5. The first-order chi connectivity index (χ1) is 19.2. The van der Waals surface area contributed by atoms with Gasteiger partial charge in [-0.3, -0.25) is 9.59 Å². The largest absolute Gasteiger partial charge is 0.497 e. The zero-order chi connectivity index (χ0) is 28.7. The maximum Gasteiger partial charge on any atom is 0.243 e. The molecule has 0 aliphatic heterocycles. The summed E-state index contributed by atoms with van der Waals surface area (Å²) < 4.78 is 33.3. The number of fused-ring (bicyclic) bond motifs is 1. The Morgan fingerprint density at radius 3 is 2.23 bits per heavy atom. The van der Waals surface area contributed by atoms with Crippen molar-refractivity contribution in [1.82, 2.24) is 14.5 Å². The highest BCUT2D eigenvalue weighted by Crippen LogP contribution is 2.23. The fraction of sp³-hybridized carbons (Fsp3) is 0.226. The van der Waals surface area contributed by atoms with Gasteiger partial charge in [-0.05, 0) is 46.2 Å². The van der Waals surface area contributed by atoms with Gasteiger partial charge in [0.05, 0.1) is 18.6 Å². The van der Waals surface area contributed by atoms with Crippen LogP contribution in [0.15, 0.2) is 102 Å². The molecule has 0 saturated heterocycles. The Morgan fingerprint density at radius 1 is 0.850 bits per heavy atom. The second-order valence-electron chi connectivity index (χ2n) is 9.46. The number of benzene rings is 4. The molecule has 0 aliphatic carbocycles. The van der Waals surface area contributed by atoms with Gasteiger partial charge < -0.3 is 15.0 Å². The van der Waals surface area contributed by atoms with E-state index in [1.165, 1.54) is 25.1 Å². The third-order valence-corrected chi connectivity index (χ3v) is 8.59. The molecule has 0 spiro atoms. The first kappa shape index (κ1) is 28.8. The molecule has 208 valence electrons. The van der Waals surface area contributed by atoms with Gasteiger partial charge in [-0.1, -0.05) is 72.8 Å². The van der Waals surface area contributed by atoms with Gasteiger partial charge in [0.1, 0.15) is 11.8 Å². The van der Waals surface area contributed by atoms with E-state index < -0.39 is 28.5 Å². The van der Waals surface area contributed by atoms with Gasteiger partial charge in [0.25, 0.3) is 0 Å². The van der Waals surface area contributed by atoms with Crippen molar-refractivity contribution in [1.29, 1.82) is 0 Å². The first-order valence-corrected chi connectivity index (χ1v) is 14.3. The van der Waals surface area contributed by atoms with Crippen molar-refractivity contribution < 1.29 is 22.7 Å². The van der Waals surface area contributed by atoms with Gasteiger partial charge in [-0.25, -0.2) is 8.42 Å². The molecule has 0 bridgehead atoms. The Bertz CT molecular complexity index is 1590. The van der Waals surface area contributed by atoms with Crippen molar-refractivity contribution in [2.24, 2.45) is 0 Å². The SMILES string of the molecule is CNC(=O)C(Cc1ccccc1)N(Cc1cccc(OC)c1)C(=O)CN(C)S(=O)(=O)c1ccc2ccccc2c1. The first-order valence-electron chi connectivity index (χ1n) is 12.9. The number of rotatable bonds is 11. The second kappa shape index (κ2) is 12.8. The third-order valence-electron chi connectivity index (χ3n) is 6.79. The van der Waals surface area contributed by atoms with Crippen LogP contribution in [0.1, 0.15) is 11.1 Å². The predicted molar refractivity (Wildman–Crippen MR) is 155 cm³/mol. The lowest BCUT2D eigenvalue weighted by molar-refractivity contribution is -0.141. The van der Waals surface area contributed by atoms with E-state index in [4.69, 9.17) is 4.74 Å². The van der Waals surface area contributed by atoms with Gasteiger partial charge >= 0.3 is 0 Å². The molecule has 0 fully saturated rings. The Balaban J connectivity index is 1.66. The summed E-state index contributed by atoms with van der Waals surface area (Å²) in [7, 11) is 0.457. The Hall–Kier alpha value is -4.21. The van der Waals surface area contributed by atoms with Crippen LogP contribution >= 0.6 is 0 Å². The highest BCUT2D eigenvalue weighted by molar-refractivity contribution is 7.89. The highest BCUT2D eigenvalue weighted by atomic mass is 32.2. The Morgan fingerprint density at radius 2 is 1.52 bits per heavy atom. The molecule has 9 heteroatoms. The molecule has 4 aromatic carbocycles. The molecule has 4 aromatic rings. The number of hydrogen-bond acceptors (Lipinski definition) is 5. The van der Waals surface area contributed by atoms with Crippen molar-refractivity contribution in [3.63, 3.8) is 0 Å². The third kappa shape index (κ3) is 6.67. The number of amides is 2. The molecule has 0 heterocycles. The number of nitrogens with one attached hydrogen (secondary N) is 1. The summed E-state index contributed by atoms with van der Waals surface area (Å²) in [5, 5.41) is 4.36. The van der Waals surface area contributed by atoms with E-state index in [1.54, 1.807) is 37.4 Å². The fourth-order valence-corrected chi connectivity index (χ4v) is 5.72. The van der Waals surface area contributed by atoms with Crippen LogP contribution in [0.3, 0.4) is 0 Å². The van der Waals surface area contributed by atoms with Crippen molar-refractivity contribution in [2.75, 3.05) is 27.7 Å². The molecule has 1 N–H and O–H groups in total. The summed E-state index contributed by atoms with van der Waals surface area (Å²) in [6, 6.07) is 28.1. The minimum Gasteiger partial charge on any atom is -0.497 e. The normalized spacial score (nSPS) is 12.2. The molecule has 0 aliphatic rings. The van der Waals surface area contributed by atoms with Crippen LogP contribution in [0, 0.1) is 0 Å². The van der Waals surface area contributed by atoms with E-state index >= 15 is 0 Å². The molecular weight excluding hydrogens is 526 g/mol. The zero-order valence-electron chi connectivity index (χ0n) is 22.8. The van der Waals surface area contributed by atoms with Gasteiger partial charge in [0, 0.05) is 27.1 Å². The lowest BCUT2D eigenvalue weighted by atomic mass is 10.0. The molecule has 0 saturated carbocycles. The van der Waals surface area contributed by atoms with E-state index in [1.807, 2.05) is 60.7 Å². The van der Waals surface area contributed by atoms with Crippen molar-refractivity contribution in [2.45, 2.75) is 23.9 Å². The summed E-state index contributed by atoms with van der Waals surface area (Å²) in [6.45, 7) is -0.355. The Labute approximate surface area is 235 Å². The summed E-state index contributed by atoms with van der Waals surface area (Å²) in [5.41, 5.74) is 1.62. The molecule has 0 aromatic heterocycles. The van der Waals surface area contributed by atoms with Crippen LogP contribution in [0.4, 0.5) is 0 Å². The molecule has 40 heavy (non-hydrogen) atoms. The number of ether oxygens (including phenoxy) is 1. The summed E-state index contributed by atoms with van der Waals surface area (Å²) in [6.07, 6.45) is 0.261. The number of sulfonamides is 1. The summed E-state index contributed by atoms with van der Waals surface area (Å²) in [4.78, 5) is 28.5. The molecule has 1 unspecified atom stereocenters. The average Bonchev–Trinajstić information content (AvgIpc) is 2.98. The van der Waals surface area contributed by atoms with Crippen LogP contribution < -0.4 is 10.1 Å². The topological polar surface area (TPSA) is 96.0 Å². The summed E-state index contributed by atoms with van der Waals surface area (Å²) in [5.74, 6) is -0.236. The number of carbonyl (C=O) groups is 2. The van der Waals surface area contributed by atoms with Crippen LogP contribution in [-0.2, 0) is 32.6 Å². The molecule has 4 rings (SSSR count). The van der Waals surface area contributed by atoms with Gasteiger partial charge in [0.15, 0.2) is 0 Å². The molecular formula is C31H33N3O5S. The van der Waals surface area contributed by atoms with Gasteiger partial charge in [-0.2, -0.15) is 4.31 Å². The summed E-state index contributed by atoms with van der Waals surface area (Å²) >= 11 is 0. The number of methoxy groups -OCH3 is 1. The minimum absolute atomic E-state index is 0.0881. The van der Waals surface area contributed by atoms with Crippen molar-refractivity contribution >= 4 is 32.6 Å². The fourth-order valence-electron chi connectivity index (χ4n) is 4.56. The van der Waals surface area contributed by atoms with Crippen molar-refractivity contribution in [3.8, 4) is 5.75 Å². The number of carbonyl (C=O) groups excluding carboxylic acids is 2. The molecule has 0 radical (unpaired) electrons. The van der Waals surface area contributed by atoms with Gasteiger partial charge in [-0.15, -0.1) is 0 Å². The number of nitrogens with zero attached hydrogens (tertiary/aromatic N) is 2. The molecule has 2 amide bonds.